The smallest absolute Gasteiger partial charge is 0.194 e. The van der Waals surface area contributed by atoms with E-state index in [-0.39, 0.29) is 11.1 Å². The van der Waals surface area contributed by atoms with Gasteiger partial charge in [0.15, 0.2) is 17.5 Å². The van der Waals surface area contributed by atoms with E-state index in [1.165, 1.54) is 51.4 Å². The molecule has 176 valence electrons. The molecule has 33 heavy (non-hydrogen) atoms. The van der Waals surface area contributed by atoms with Gasteiger partial charge in [0.05, 0.1) is 5.56 Å². The Labute approximate surface area is 194 Å². The molecule has 0 aromatic heterocycles. The van der Waals surface area contributed by atoms with E-state index in [4.69, 9.17) is 0 Å². The van der Waals surface area contributed by atoms with Crippen molar-refractivity contribution >= 4 is 0 Å². The second-order valence-corrected chi connectivity index (χ2v) is 9.88. The molecule has 0 heterocycles. The van der Waals surface area contributed by atoms with E-state index < -0.39 is 23.3 Å². The van der Waals surface area contributed by atoms with Crippen LogP contribution >= 0.6 is 0 Å². The van der Waals surface area contributed by atoms with Gasteiger partial charge in [0.25, 0.3) is 0 Å². The molecule has 0 aliphatic heterocycles. The van der Waals surface area contributed by atoms with Crippen LogP contribution < -0.4 is 0 Å². The Kier molecular flexibility index (Phi) is 7.78. The minimum Gasteiger partial charge on any atom is -0.206 e. The molecular weight excluding hydrogens is 424 g/mol. The van der Waals surface area contributed by atoms with E-state index in [9.17, 15) is 17.6 Å². The van der Waals surface area contributed by atoms with Crippen molar-refractivity contribution in [3.63, 3.8) is 0 Å². The predicted octanol–water partition coefficient (Wildman–Crippen LogP) is 8.13. The van der Waals surface area contributed by atoms with E-state index >= 15 is 0 Å². The van der Waals surface area contributed by atoms with Gasteiger partial charge in [0.2, 0.25) is 0 Å². The van der Waals surface area contributed by atoms with Crippen molar-refractivity contribution in [2.24, 2.45) is 17.8 Å². The monoisotopic (exact) mass is 456 g/mol. The van der Waals surface area contributed by atoms with Gasteiger partial charge in [-0.15, -0.1) is 0 Å². The molecule has 1 atom stereocenters. The van der Waals surface area contributed by atoms with Gasteiger partial charge in [-0.2, -0.15) is 0 Å². The SMILES string of the molecule is CCCCCC1CCC(C2CCc3cc(C#Cc4cc(F)c(F)c(F)c4)c(F)cc3C2)CC1. The Morgan fingerprint density at radius 1 is 0.758 bits per heavy atom. The lowest BCUT2D eigenvalue weighted by Gasteiger charge is -2.36. The summed E-state index contributed by atoms with van der Waals surface area (Å²) < 4.78 is 54.7. The molecule has 0 bridgehead atoms. The first-order valence-electron chi connectivity index (χ1n) is 12.4. The summed E-state index contributed by atoms with van der Waals surface area (Å²) in [4.78, 5) is 0. The quantitative estimate of drug-likeness (QED) is 0.184. The molecule has 0 spiro atoms. The first kappa shape index (κ1) is 23.9. The molecule has 0 N–H and O–H groups in total. The number of halogens is 4. The molecule has 1 fully saturated rings. The van der Waals surface area contributed by atoms with Crippen molar-refractivity contribution < 1.29 is 17.6 Å². The highest BCUT2D eigenvalue weighted by Crippen LogP contribution is 2.41. The Balaban J connectivity index is 1.40. The minimum atomic E-state index is -1.53. The second kappa shape index (κ2) is 10.8. The molecule has 0 saturated heterocycles. The Morgan fingerprint density at radius 2 is 1.48 bits per heavy atom. The third kappa shape index (κ3) is 5.81. The lowest BCUT2D eigenvalue weighted by Crippen LogP contribution is -2.26. The largest absolute Gasteiger partial charge is 0.206 e. The van der Waals surface area contributed by atoms with Crippen LogP contribution in [-0.2, 0) is 12.8 Å². The number of fused-ring (bicyclic) bond motifs is 1. The Morgan fingerprint density at radius 3 is 2.18 bits per heavy atom. The van der Waals surface area contributed by atoms with Gasteiger partial charge in [0.1, 0.15) is 5.82 Å². The van der Waals surface area contributed by atoms with E-state index in [1.54, 1.807) is 12.1 Å². The molecular formula is C29H32F4. The van der Waals surface area contributed by atoms with Crippen LogP contribution in [0.3, 0.4) is 0 Å². The summed E-state index contributed by atoms with van der Waals surface area (Å²) in [6.45, 7) is 2.25. The van der Waals surface area contributed by atoms with Crippen molar-refractivity contribution in [1.29, 1.82) is 0 Å². The average molecular weight is 457 g/mol. The maximum atomic E-state index is 14.8. The summed E-state index contributed by atoms with van der Waals surface area (Å²) in [5.74, 6) is 2.95. The normalized spacial score (nSPS) is 22.4. The number of rotatable bonds is 5. The fourth-order valence-electron chi connectivity index (χ4n) is 5.70. The van der Waals surface area contributed by atoms with E-state index in [1.807, 2.05) is 0 Å². The van der Waals surface area contributed by atoms with E-state index in [0.717, 1.165) is 54.4 Å². The number of hydrogen-bond acceptors (Lipinski definition) is 0. The zero-order valence-electron chi connectivity index (χ0n) is 19.3. The molecule has 4 rings (SSSR count). The maximum absolute atomic E-state index is 14.8. The fourth-order valence-corrected chi connectivity index (χ4v) is 5.70. The van der Waals surface area contributed by atoms with Crippen LogP contribution in [-0.4, -0.2) is 0 Å². The van der Waals surface area contributed by atoms with Crippen molar-refractivity contribution in [2.45, 2.75) is 77.6 Å². The van der Waals surface area contributed by atoms with E-state index in [0.29, 0.717) is 5.92 Å². The summed E-state index contributed by atoms with van der Waals surface area (Å²) >= 11 is 0. The third-order valence-corrected chi connectivity index (χ3v) is 7.66. The van der Waals surface area contributed by atoms with Crippen LogP contribution in [0, 0.1) is 52.9 Å². The molecule has 2 aromatic carbocycles. The lowest BCUT2D eigenvalue weighted by molar-refractivity contribution is 0.183. The average Bonchev–Trinajstić information content (AvgIpc) is 2.81. The second-order valence-electron chi connectivity index (χ2n) is 9.88. The highest BCUT2D eigenvalue weighted by atomic mass is 19.2. The fraction of sp³-hybridized carbons (Fsp3) is 0.517. The van der Waals surface area contributed by atoms with Gasteiger partial charge in [-0.3, -0.25) is 0 Å². The molecule has 1 saturated carbocycles. The van der Waals surface area contributed by atoms with Crippen molar-refractivity contribution in [3.8, 4) is 11.8 Å². The first-order chi connectivity index (χ1) is 15.9. The van der Waals surface area contributed by atoms with Crippen LogP contribution in [0.5, 0.6) is 0 Å². The van der Waals surface area contributed by atoms with Gasteiger partial charge in [0, 0.05) is 5.56 Å². The Bertz CT molecular complexity index is 1010. The topological polar surface area (TPSA) is 0 Å². The predicted molar refractivity (Wildman–Crippen MR) is 124 cm³/mol. The van der Waals surface area contributed by atoms with E-state index in [2.05, 4.69) is 18.8 Å². The molecule has 4 heteroatoms. The summed E-state index contributed by atoms with van der Waals surface area (Å²) in [5.41, 5.74) is 2.37. The van der Waals surface area contributed by atoms with Crippen LogP contribution in [0.25, 0.3) is 0 Å². The highest BCUT2D eigenvalue weighted by molar-refractivity contribution is 5.47. The summed E-state index contributed by atoms with van der Waals surface area (Å²) in [5, 5.41) is 0. The number of benzene rings is 2. The van der Waals surface area contributed by atoms with Gasteiger partial charge in [-0.1, -0.05) is 57.3 Å². The summed E-state index contributed by atoms with van der Waals surface area (Å²) in [7, 11) is 0. The number of aryl methyl sites for hydroxylation is 1. The zero-order chi connectivity index (χ0) is 23.4. The number of unbranched alkanes of at least 4 members (excludes halogenated alkanes) is 2. The first-order valence-corrected chi connectivity index (χ1v) is 12.4. The Hall–Kier alpha value is -2.28. The van der Waals surface area contributed by atoms with Crippen molar-refractivity contribution in [1.82, 2.24) is 0 Å². The highest BCUT2D eigenvalue weighted by Gasteiger charge is 2.30. The molecule has 2 aliphatic carbocycles. The van der Waals surface area contributed by atoms with Crippen LogP contribution in [0.15, 0.2) is 24.3 Å². The zero-order valence-corrected chi connectivity index (χ0v) is 19.3. The third-order valence-electron chi connectivity index (χ3n) is 7.66. The molecule has 0 radical (unpaired) electrons. The molecule has 2 aliphatic rings. The van der Waals surface area contributed by atoms with Crippen LogP contribution in [0.2, 0.25) is 0 Å². The summed E-state index contributed by atoms with van der Waals surface area (Å²) in [6.07, 6.45) is 13.6. The molecule has 0 amide bonds. The summed E-state index contributed by atoms with van der Waals surface area (Å²) in [6, 6.07) is 5.01. The standard InChI is InChI=1S/C29H32F4/c1-2-3-4-5-19-6-9-21(10-7-19)22-12-13-23-16-24(26(30)18-25(23)17-22)11-8-20-14-27(31)29(33)28(32)15-20/h14-16,18-19,21-22H,2-7,9-10,12-13,17H2,1H3. The van der Waals surface area contributed by atoms with Gasteiger partial charge in [-0.05, 0) is 85.3 Å². The molecule has 0 nitrogen and oxygen atoms in total. The lowest BCUT2D eigenvalue weighted by atomic mass is 9.69. The van der Waals surface area contributed by atoms with Crippen molar-refractivity contribution in [2.75, 3.05) is 0 Å². The molecule has 1 unspecified atom stereocenters. The van der Waals surface area contributed by atoms with Gasteiger partial charge >= 0.3 is 0 Å². The van der Waals surface area contributed by atoms with Gasteiger partial charge in [-0.25, -0.2) is 17.6 Å². The number of hydrogen-bond donors (Lipinski definition) is 0. The van der Waals surface area contributed by atoms with Crippen molar-refractivity contribution in [3.05, 3.63) is 69.8 Å². The van der Waals surface area contributed by atoms with Crippen LogP contribution in [0.4, 0.5) is 17.6 Å². The molecule has 2 aromatic rings. The van der Waals surface area contributed by atoms with Crippen LogP contribution in [0.1, 0.15) is 87.0 Å². The maximum Gasteiger partial charge on any atom is 0.194 e. The van der Waals surface area contributed by atoms with Gasteiger partial charge < -0.3 is 0 Å². The minimum absolute atomic E-state index is 0.0196.